The fourth-order valence-electron chi connectivity index (χ4n) is 2.37. The molecule has 164 valence electrons. The number of thioether (sulfide) groups is 1. The normalized spacial score (nSPS) is 11.2. The quantitative estimate of drug-likeness (QED) is 0.310. The zero-order chi connectivity index (χ0) is 22.3. The Labute approximate surface area is 182 Å². The van der Waals surface area contributed by atoms with Gasteiger partial charge in [-0.2, -0.15) is 0 Å². The summed E-state index contributed by atoms with van der Waals surface area (Å²) >= 11 is 1.41. The van der Waals surface area contributed by atoms with Crippen molar-refractivity contribution in [2.45, 2.75) is 17.0 Å². The van der Waals surface area contributed by atoms with E-state index in [0.717, 1.165) is 18.0 Å². The molecule has 0 atom stereocenters. The Hall–Kier alpha value is -3.12. The molecule has 3 aromatic rings. The fourth-order valence-corrected chi connectivity index (χ4v) is 4.12. The van der Waals surface area contributed by atoms with E-state index >= 15 is 0 Å². The van der Waals surface area contributed by atoms with Gasteiger partial charge in [0.2, 0.25) is 5.16 Å². The van der Waals surface area contributed by atoms with Crippen LogP contribution in [0.1, 0.15) is 5.82 Å². The van der Waals surface area contributed by atoms with E-state index in [9.17, 15) is 17.6 Å². The van der Waals surface area contributed by atoms with E-state index in [-0.39, 0.29) is 23.1 Å². The molecule has 9 nitrogen and oxygen atoms in total. The van der Waals surface area contributed by atoms with E-state index in [1.165, 1.54) is 48.2 Å². The lowest BCUT2D eigenvalue weighted by molar-refractivity contribution is -0.122. The number of ether oxygens (including phenoxy) is 1. The van der Waals surface area contributed by atoms with E-state index in [2.05, 4.69) is 25.2 Å². The number of aryl methyl sites for hydroxylation is 1. The molecular formula is C19H20FN5O4S2. The number of nitrogens with one attached hydrogen (secondary N) is 3. The summed E-state index contributed by atoms with van der Waals surface area (Å²) in [5.41, 5.74) is 0.245. The smallest absolute Gasteiger partial charge is 0.261 e. The maximum absolute atomic E-state index is 12.9. The van der Waals surface area contributed by atoms with Gasteiger partial charge in [0.05, 0.1) is 4.90 Å². The summed E-state index contributed by atoms with van der Waals surface area (Å²) in [4.78, 5) is 16.0. The van der Waals surface area contributed by atoms with Crippen LogP contribution in [0.25, 0.3) is 0 Å². The third-order valence-corrected chi connectivity index (χ3v) is 6.08. The number of amides is 1. The second-order valence-electron chi connectivity index (χ2n) is 6.27. The highest BCUT2D eigenvalue weighted by molar-refractivity contribution is 7.99. The van der Waals surface area contributed by atoms with Gasteiger partial charge in [-0.25, -0.2) is 17.8 Å². The summed E-state index contributed by atoms with van der Waals surface area (Å²) in [6.07, 6.45) is 0. The SMILES string of the molecule is Cc1nc(SCCNC(=O)COc2ccc(S(=O)(=O)Nc3ccc(F)cc3)cc2)n[nH]1. The number of aromatic nitrogens is 3. The average molecular weight is 466 g/mol. The lowest BCUT2D eigenvalue weighted by atomic mass is 10.3. The summed E-state index contributed by atoms with van der Waals surface area (Å²) in [6.45, 7) is 2.03. The molecule has 3 rings (SSSR count). The molecular weight excluding hydrogens is 445 g/mol. The van der Waals surface area contributed by atoms with Crippen molar-refractivity contribution in [3.8, 4) is 5.75 Å². The number of sulfonamides is 1. The number of H-pyrrole nitrogens is 1. The van der Waals surface area contributed by atoms with Gasteiger partial charge in [-0.1, -0.05) is 11.8 Å². The second-order valence-corrected chi connectivity index (χ2v) is 9.02. The molecule has 0 aliphatic rings. The zero-order valence-corrected chi connectivity index (χ0v) is 18.1. The first kappa shape index (κ1) is 22.6. The molecule has 2 aromatic carbocycles. The minimum atomic E-state index is -3.83. The standard InChI is InChI=1S/C19H20FN5O4S2/c1-13-22-19(24-23-13)30-11-10-21-18(26)12-29-16-6-8-17(9-7-16)31(27,28)25-15-4-2-14(20)3-5-15/h2-9,25H,10-12H2,1H3,(H,21,26)(H,22,23,24). The van der Waals surface area contributed by atoms with Crippen molar-refractivity contribution in [2.75, 3.05) is 23.6 Å². The Morgan fingerprint density at radius 2 is 1.87 bits per heavy atom. The highest BCUT2D eigenvalue weighted by Gasteiger charge is 2.14. The van der Waals surface area contributed by atoms with Crippen molar-refractivity contribution >= 4 is 33.4 Å². The molecule has 0 unspecified atom stereocenters. The number of carbonyl (C=O) groups excluding carboxylic acids is 1. The molecule has 12 heteroatoms. The van der Waals surface area contributed by atoms with Crippen LogP contribution in [0.4, 0.5) is 10.1 Å². The molecule has 0 aliphatic carbocycles. The number of nitrogens with zero attached hydrogens (tertiary/aromatic N) is 2. The van der Waals surface area contributed by atoms with Gasteiger partial charge in [0, 0.05) is 18.0 Å². The molecule has 0 aliphatic heterocycles. The number of hydrogen-bond acceptors (Lipinski definition) is 7. The van der Waals surface area contributed by atoms with E-state index in [1.54, 1.807) is 6.92 Å². The Kier molecular flexibility index (Phi) is 7.47. The first-order valence-electron chi connectivity index (χ1n) is 9.11. The molecule has 0 saturated heterocycles. The second kappa shape index (κ2) is 10.3. The molecule has 3 N–H and O–H groups in total. The highest BCUT2D eigenvalue weighted by Crippen LogP contribution is 2.19. The van der Waals surface area contributed by atoms with Crippen molar-refractivity contribution in [2.24, 2.45) is 0 Å². The van der Waals surface area contributed by atoms with E-state index in [4.69, 9.17) is 4.74 Å². The lowest BCUT2D eigenvalue weighted by Crippen LogP contribution is -2.30. The van der Waals surface area contributed by atoms with E-state index in [1.807, 2.05) is 0 Å². The predicted molar refractivity (Wildman–Crippen MR) is 114 cm³/mol. The van der Waals surface area contributed by atoms with Crippen LogP contribution < -0.4 is 14.8 Å². The first-order valence-corrected chi connectivity index (χ1v) is 11.6. The lowest BCUT2D eigenvalue weighted by Gasteiger charge is -2.10. The number of benzene rings is 2. The molecule has 1 heterocycles. The van der Waals surface area contributed by atoms with Crippen molar-refractivity contribution in [1.29, 1.82) is 0 Å². The minimum Gasteiger partial charge on any atom is -0.484 e. The summed E-state index contributed by atoms with van der Waals surface area (Å²) < 4.78 is 45.5. The third kappa shape index (κ3) is 6.96. The highest BCUT2D eigenvalue weighted by atomic mass is 32.2. The average Bonchev–Trinajstić information content (AvgIpc) is 3.16. The van der Waals surface area contributed by atoms with Gasteiger partial charge in [0.25, 0.3) is 15.9 Å². The fraction of sp³-hybridized carbons (Fsp3) is 0.211. The van der Waals surface area contributed by atoms with Gasteiger partial charge in [-0.05, 0) is 55.5 Å². The largest absolute Gasteiger partial charge is 0.484 e. The maximum atomic E-state index is 12.9. The number of aromatic amines is 1. The number of carbonyl (C=O) groups is 1. The van der Waals surface area contributed by atoms with Crippen LogP contribution in [0.2, 0.25) is 0 Å². The number of anilines is 1. The van der Waals surface area contributed by atoms with Crippen molar-refractivity contribution < 1.29 is 22.3 Å². The van der Waals surface area contributed by atoms with Crippen LogP contribution in [0.5, 0.6) is 5.75 Å². The van der Waals surface area contributed by atoms with Gasteiger partial charge < -0.3 is 10.1 Å². The van der Waals surface area contributed by atoms with Crippen LogP contribution in [0.15, 0.2) is 58.6 Å². The monoisotopic (exact) mass is 465 g/mol. The van der Waals surface area contributed by atoms with Crippen LogP contribution in [0, 0.1) is 12.7 Å². The van der Waals surface area contributed by atoms with Crippen LogP contribution in [-0.2, 0) is 14.8 Å². The molecule has 1 aromatic heterocycles. The van der Waals surface area contributed by atoms with Crippen molar-refractivity contribution in [3.63, 3.8) is 0 Å². The van der Waals surface area contributed by atoms with Gasteiger partial charge in [-0.15, -0.1) is 5.10 Å². The Morgan fingerprint density at radius 1 is 1.16 bits per heavy atom. The first-order chi connectivity index (χ1) is 14.8. The van der Waals surface area contributed by atoms with Crippen LogP contribution in [0.3, 0.4) is 0 Å². The zero-order valence-electron chi connectivity index (χ0n) is 16.5. The number of halogens is 1. The molecule has 0 spiro atoms. The van der Waals surface area contributed by atoms with Gasteiger partial charge in [-0.3, -0.25) is 14.6 Å². The van der Waals surface area contributed by atoms with E-state index < -0.39 is 15.8 Å². The molecule has 0 saturated carbocycles. The third-order valence-electron chi connectivity index (χ3n) is 3.83. The topological polar surface area (TPSA) is 126 Å². The Morgan fingerprint density at radius 3 is 2.52 bits per heavy atom. The predicted octanol–water partition coefficient (Wildman–Crippen LogP) is 2.34. The van der Waals surface area contributed by atoms with Gasteiger partial charge in [0.1, 0.15) is 17.4 Å². The molecule has 0 fully saturated rings. The van der Waals surface area contributed by atoms with Crippen LogP contribution >= 0.6 is 11.8 Å². The molecule has 0 bridgehead atoms. The minimum absolute atomic E-state index is 0.00728. The summed E-state index contributed by atoms with van der Waals surface area (Å²) in [5.74, 6) is 0.918. The van der Waals surface area contributed by atoms with Crippen molar-refractivity contribution in [1.82, 2.24) is 20.5 Å². The van der Waals surface area contributed by atoms with Crippen LogP contribution in [-0.4, -0.2) is 48.4 Å². The van der Waals surface area contributed by atoms with Gasteiger partial charge >= 0.3 is 0 Å². The van der Waals surface area contributed by atoms with Crippen molar-refractivity contribution in [3.05, 3.63) is 60.2 Å². The summed E-state index contributed by atoms with van der Waals surface area (Å²) in [6, 6.07) is 10.6. The molecule has 1 amide bonds. The Balaban J connectivity index is 1.43. The maximum Gasteiger partial charge on any atom is 0.261 e. The summed E-state index contributed by atoms with van der Waals surface area (Å²) in [5, 5.41) is 10.1. The number of hydrogen-bond donors (Lipinski definition) is 3. The van der Waals surface area contributed by atoms with E-state index in [0.29, 0.717) is 23.2 Å². The number of rotatable bonds is 10. The summed E-state index contributed by atoms with van der Waals surface area (Å²) in [7, 11) is -3.83. The molecule has 0 radical (unpaired) electrons. The Bertz CT molecular complexity index is 1120. The van der Waals surface area contributed by atoms with Gasteiger partial charge in [0.15, 0.2) is 6.61 Å². The molecule has 31 heavy (non-hydrogen) atoms.